The van der Waals surface area contributed by atoms with Crippen molar-refractivity contribution in [3.05, 3.63) is 51.0 Å². The van der Waals surface area contributed by atoms with Gasteiger partial charge in [0.05, 0.1) is 0 Å². The second kappa shape index (κ2) is 9.19. The zero-order valence-corrected chi connectivity index (χ0v) is 19.5. The Labute approximate surface area is 197 Å². The van der Waals surface area contributed by atoms with Crippen LogP contribution in [0.4, 0.5) is 9.18 Å². The van der Waals surface area contributed by atoms with Gasteiger partial charge in [0.15, 0.2) is 10.8 Å². The summed E-state index contributed by atoms with van der Waals surface area (Å²) in [7, 11) is 0. The van der Waals surface area contributed by atoms with E-state index in [1.807, 2.05) is 6.92 Å². The van der Waals surface area contributed by atoms with E-state index in [0.717, 1.165) is 19.3 Å². The lowest BCUT2D eigenvalue weighted by molar-refractivity contribution is 0.0153. The van der Waals surface area contributed by atoms with Gasteiger partial charge in [-0.25, -0.2) is 14.6 Å². The van der Waals surface area contributed by atoms with E-state index < -0.39 is 11.7 Å². The second-order valence-electron chi connectivity index (χ2n) is 8.15. The predicted molar refractivity (Wildman–Crippen MR) is 118 cm³/mol. The first-order valence-electron chi connectivity index (χ1n) is 10.2. The van der Waals surface area contributed by atoms with Crippen LogP contribution >= 0.6 is 27.5 Å². The van der Waals surface area contributed by atoms with Crippen LogP contribution in [0.5, 0.6) is 0 Å². The van der Waals surface area contributed by atoms with Crippen molar-refractivity contribution in [3.8, 4) is 0 Å². The minimum atomic E-state index is -0.873. The number of rotatable bonds is 5. The Morgan fingerprint density at radius 2 is 2.16 bits per heavy atom. The molecule has 32 heavy (non-hydrogen) atoms. The zero-order chi connectivity index (χ0) is 22.9. The smallest absolute Gasteiger partial charge is 0.428 e. The summed E-state index contributed by atoms with van der Waals surface area (Å²) in [5, 5.41) is 10.8. The summed E-state index contributed by atoms with van der Waals surface area (Å²) in [6, 6.07) is 5.61. The van der Waals surface area contributed by atoms with Crippen LogP contribution in [-0.4, -0.2) is 34.5 Å². The summed E-state index contributed by atoms with van der Waals surface area (Å²) in [5.41, 5.74) is 2.75. The summed E-state index contributed by atoms with van der Waals surface area (Å²) in [4.78, 5) is 24.2. The van der Waals surface area contributed by atoms with Crippen LogP contribution in [-0.2, 0) is 4.74 Å². The highest BCUT2D eigenvalue weighted by Gasteiger charge is 2.46. The number of benzene rings is 1. The Balaban J connectivity index is 1.41. The molecule has 11 heteroatoms. The molecule has 0 saturated heterocycles. The van der Waals surface area contributed by atoms with E-state index in [0.29, 0.717) is 34.5 Å². The molecule has 2 heterocycles. The van der Waals surface area contributed by atoms with Crippen LogP contribution in [0.2, 0.25) is 5.15 Å². The Morgan fingerprint density at radius 3 is 2.81 bits per heavy atom. The Bertz CT molecular complexity index is 1070. The SMILES string of the molecule is C[C@@H](CC1CCC2(CC1)OC(=O)NN=C2c1ccc(F)cc1Br)NC(=O)c1cc(Cl)no1. The van der Waals surface area contributed by atoms with Crippen molar-refractivity contribution in [2.75, 3.05) is 0 Å². The number of ether oxygens (including phenoxy) is 1. The van der Waals surface area contributed by atoms with Crippen molar-refractivity contribution in [1.82, 2.24) is 15.9 Å². The van der Waals surface area contributed by atoms with Gasteiger partial charge in [0, 0.05) is 22.1 Å². The van der Waals surface area contributed by atoms with Gasteiger partial charge in [0.25, 0.3) is 5.91 Å². The van der Waals surface area contributed by atoms with Crippen LogP contribution < -0.4 is 10.7 Å². The molecule has 0 unspecified atom stereocenters. The van der Waals surface area contributed by atoms with E-state index in [9.17, 15) is 14.0 Å². The van der Waals surface area contributed by atoms with Crippen molar-refractivity contribution in [1.29, 1.82) is 0 Å². The van der Waals surface area contributed by atoms with Gasteiger partial charge < -0.3 is 14.6 Å². The van der Waals surface area contributed by atoms with Gasteiger partial charge in [-0.05, 0) is 63.1 Å². The third-order valence-electron chi connectivity index (χ3n) is 5.85. The first-order chi connectivity index (χ1) is 15.3. The fraction of sp³-hybridized carbons (Fsp3) is 0.429. The average Bonchev–Trinajstić information content (AvgIpc) is 3.17. The van der Waals surface area contributed by atoms with Crippen LogP contribution in [0.25, 0.3) is 0 Å². The first kappa shape index (κ1) is 22.7. The number of nitrogens with one attached hydrogen (secondary N) is 2. The summed E-state index contributed by atoms with van der Waals surface area (Å²) < 4.78 is 24.7. The highest BCUT2D eigenvalue weighted by molar-refractivity contribution is 9.10. The van der Waals surface area contributed by atoms with Gasteiger partial charge in [-0.2, -0.15) is 5.10 Å². The third-order valence-corrected chi connectivity index (χ3v) is 6.68. The molecule has 2 aromatic rings. The second-order valence-corrected chi connectivity index (χ2v) is 9.39. The molecule has 1 aliphatic carbocycles. The van der Waals surface area contributed by atoms with Gasteiger partial charge in [0.2, 0.25) is 5.76 Å². The maximum absolute atomic E-state index is 13.6. The fourth-order valence-corrected chi connectivity index (χ4v) is 5.04. The maximum Gasteiger partial charge on any atom is 0.428 e. The summed E-state index contributed by atoms with van der Waals surface area (Å²) >= 11 is 9.08. The Kier molecular flexibility index (Phi) is 6.52. The number of halogens is 3. The van der Waals surface area contributed by atoms with E-state index >= 15 is 0 Å². The quantitative estimate of drug-likeness (QED) is 0.580. The molecule has 1 saturated carbocycles. The van der Waals surface area contributed by atoms with E-state index in [1.54, 1.807) is 6.07 Å². The molecule has 1 aromatic carbocycles. The molecular weight excluding hydrogens is 507 g/mol. The molecule has 0 radical (unpaired) electrons. The van der Waals surface area contributed by atoms with Gasteiger partial charge in [-0.3, -0.25) is 4.79 Å². The molecule has 8 nitrogen and oxygen atoms in total. The summed E-state index contributed by atoms with van der Waals surface area (Å²) in [5.74, 6) is -0.354. The maximum atomic E-state index is 13.6. The Hall–Kier alpha value is -2.46. The first-order valence-corrected chi connectivity index (χ1v) is 11.4. The number of amides is 2. The minimum absolute atomic E-state index is 0.0665. The number of hydrogen-bond donors (Lipinski definition) is 2. The molecule has 1 fully saturated rings. The van der Waals surface area contributed by atoms with Gasteiger partial charge in [0.1, 0.15) is 11.5 Å². The van der Waals surface area contributed by atoms with Crippen molar-refractivity contribution in [3.63, 3.8) is 0 Å². The summed E-state index contributed by atoms with van der Waals surface area (Å²) in [6.45, 7) is 1.92. The molecule has 1 aromatic heterocycles. The van der Waals surface area contributed by atoms with Crippen LogP contribution in [0.3, 0.4) is 0 Å². The van der Waals surface area contributed by atoms with Gasteiger partial charge >= 0.3 is 6.09 Å². The van der Waals surface area contributed by atoms with Crippen molar-refractivity contribution in [2.24, 2.45) is 11.0 Å². The minimum Gasteiger partial charge on any atom is -0.435 e. The van der Waals surface area contributed by atoms with Crippen LogP contribution in [0.1, 0.15) is 55.1 Å². The lowest BCUT2D eigenvalue weighted by Crippen LogP contribution is -2.52. The third kappa shape index (κ3) is 4.80. The monoisotopic (exact) mass is 526 g/mol. The lowest BCUT2D eigenvalue weighted by Gasteiger charge is -2.42. The largest absolute Gasteiger partial charge is 0.435 e. The molecule has 170 valence electrons. The lowest BCUT2D eigenvalue weighted by atomic mass is 9.73. The zero-order valence-electron chi connectivity index (χ0n) is 17.2. The van der Waals surface area contributed by atoms with Crippen molar-refractivity contribution >= 4 is 45.2 Å². The number of carbonyl (C=O) groups is 2. The molecule has 1 spiro atoms. The highest BCUT2D eigenvalue weighted by Crippen LogP contribution is 2.41. The van der Waals surface area contributed by atoms with Gasteiger partial charge in [-0.15, -0.1) is 0 Å². The predicted octanol–water partition coefficient (Wildman–Crippen LogP) is 4.81. The molecule has 2 aliphatic rings. The number of carbonyl (C=O) groups excluding carboxylic acids is 2. The number of hydrogen-bond acceptors (Lipinski definition) is 6. The van der Waals surface area contributed by atoms with E-state index in [2.05, 4.69) is 36.9 Å². The Morgan fingerprint density at radius 1 is 1.41 bits per heavy atom. The molecular formula is C21H21BrClFN4O4. The normalized spacial score (nSPS) is 23.8. The number of nitrogens with zero attached hydrogens (tertiary/aromatic N) is 2. The van der Waals surface area contributed by atoms with Crippen LogP contribution in [0, 0.1) is 11.7 Å². The molecule has 2 amide bonds. The van der Waals surface area contributed by atoms with Crippen molar-refractivity contribution in [2.45, 2.75) is 50.7 Å². The van der Waals surface area contributed by atoms with E-state index in [1.165, 1.54) is 18.2 Å². The summed E-state index contributed by atoms with van der Waals surface area (Å²) in [6.07, 6.45) is 2.86. The van der Waals surface area contributed by atoms with E-state index in [-0.39, 0.29) is 28.7 Å². The topological polar surface area (TPSA) is 106 Å². The molecule has 1 aliphatic heterocycles. The van der Waals surface area contributed by atoms with Crippen LogP contribution in [0.15, 0.2) is 38.4 Å². The standard InChI is InChI=1S/C21H21BrClFN4O4/c1-11(25-19(29)16-10-17(23)28-32-16)8-12-4-6-21(7-5-12)18(26-27-20(30)31-21)14-3-2-13(24)9-15(14)22/h2-3,9-12H,4-8H2,1H3,(H,25,29)(H,27,30)/t11-,12?,21?/m0/s1. The molecule has 1 atom stereocenters. The van der Waals surface area contributed by atoms with E-state index in [4.69, 9.17) is 20.9 Å². The number of hydrazone groups is 1. The molecule has 2 N–H and O–H groups in total. The number of aromatic nitrogens is 1. The molecule has 4 rings (SSSR count). The van der Waals surface area contributed by atoms with Gasteiger partial charge in [-0.1, -0.05) is 32.7 Å². The highest BCUT2D eigenvalue weighted by atomic mass is 79.9. The fourth-order valence-electron chi connectivity index (χ4n) is 4.37. The average molecular weight is 528 g/mol. The van der Waals surface area contributed by atoms with Crippen molar-refractivity contribution < 1.29 is 23.2 Å². The molecule has 0 bridgehead atoms.